The van der Waals surface area contributed by atoms with Crippen LogP contribution in [0.5, 0.6) is 0 Å². The molecule has 0 spiro atoms. The number of fused-ring (bicyclic) bond motifs is 1. The molecular formula is C10H10N4O. The minimum atomic E-state index is -0.522. The number of nitrogens with one attached hydrogen (secondary N) is 1. The Hall–Kier alpha value is -2.17. The molecule has 2 heterocycles. The number of aromatic amines is 1. The van der Waals surface area contributed by atoms with Crippen LogP contribution in [0.15, 0.2) is 18.5 Å². The van der Waals surface area contributed by atoms with Gasteiger partial charge in [0.15, 0.2) is 0 Å². The molecule has 3 N–H and O–H groups in total. The molecule has 2 aromatic rings. The molecule has 2 rings (SSSR count). The fraction of sp³-hybridized carbons (Fsp3) is 0.100. The first-order valence-electron chi connectivity index (χ1n) is 4.48. The molecule has 5 heteroatoms. The van der Waals surface area contributed by atoms with E-state index in [1.54, 1.807) is 6.20 Å². The molecule has 0 aliphatic heterocycles. The molecule has 5 nitrogen and oxygen atoms in total. The minimum Gasteiger partial charge on any atom is -0.365 e. The average molecular weight is 202 g/mol. The van der Waals surface area contributed by atoms with Crippen LogP contribution in [0, 0.1) is 0 Å². The van der Waals surface area contributed by atoms with Gasteiger partial charge in [0.25, 0.3) is 5.91 Å². The zero-order valence-corrected chi connectivity index (χ0v) is 8.19. The van der Waals surface area contributed by atoms with Crippen molar-refractivity contribution in [3.05, 3.63) is 29.9 Å². The number of H-pyrrole nitrogens is 1. The number of pyridine rings is 1. The van der Waals surface area contributed by atoms with Gasteiger partial charge in [0, 0.05) is 6.20 Å². The number of nitrogens with zero attached hydrogens (tertiary/aromatic N) is 2. The van der Waals surface area contributed by atoms with Crippen LogP contribution in [-0.4, -0.2) is 20.9 Å². The van der Waals surface area contributed by atoms with Crippen LogP contribution < -0.4 is 5.73 Å². The minimum absolute atomic E-state index is 0.333. The van der Waals surface area contributed by atoms with Crippen LogP contribution in [0.2, 0.25) is 0 Å². The molecule has 0 saturated carbocycles. The summed E-state index contributed by atoms with van der Waals surface area (Å²) < 4.78 is 0. The van der Waals surface area contributed by atoms with E-state index in [1.165, 1.54) is 6.20 Å². The topological polar surface area (TPSA) is 84.7 Å². The molecule has 0 fully saturated rings. The maximum atomic E-state index is 11.1. The summed E-state index contributed by atoms with van der Waals surface area (Å²) in [5.74, 6) is 0.162. The number of imidazole rings is 1. The number of amides is 1. The highest BCUT2D eigenvalue weighted by atomic mass is 16.1. The van der Waals surface area contributed by atoms with Crippen molar-refractivity contribution < 1.29 is 4.79 Å². The van der Waals surface area contributed by atoms with Crippen molar-refractivity contribution in [1.29, 1.82) is 0 Å². The lowest BCUT2D eigenvalue weighted by Crippen LogP contribution is -2.11. The Morgan fingerprint density at radius 2 is 2.33 bits per heavy atom. The molecule has 0 radical (unpaired) electrons. The van der Waals surface area contributed by atoms with Gasteiger partial charge < -0.3 is 10.7 Å². The van der Waals surface area contributed by atoms with Gasteiger partial charge in [-0.25, -0.2) is 4.98 Å². The highest BCUT2D eigenvalue weighted by Gasteiger charge is 2.10. The molecular weight excluding hydrogens is 192 g/mol. The molecule has 0 aliphatic carbocycles. The number of primary amides is 1. The van der Waals surface area contributed by atoms with Crippen molar-refractivity contribution in [2.45, 2.75) is 6.92 Å². The summed E-state index contributed by atoms with van der Waals surface area (Å²) in [6, 6.07) is 0. The van der Waals surface area contributed by atoms with Gasteiger partial charge in [-0.2, -0.15) is 0 Å². The van der Waals surface area contributed by atoms with Crippen molar-refractivity contribution in [1.82, 2.24) is 15.0 Å². The normalized spacial score (nSPS) is 11.3. The summed E-state index contributed by atoms with van der Waals surface area (Å²) in [7, 11) is 0. The Morgan fingerprint density at radius 1 is 1.53 bits per heavy atom. The summed E-state index contributed by atoms with van der Waals surface area (Å²) in [5.41, 5.74) is 6.81. The smallest absolute Gasteiger partial charge is 0.252 e. The third-order valence-electron chi connectivity index (χ3n) is 2.00. The van der Waals surface area contributed by atoms with Crippen LogP contribution >= 0.6 is 0 Å². The van der Waals surface area contributed by atoms with E-state index in [0.717, 1.165) is 0 Å². The monoisotopic (exact) mass is 202 g/mol. The van der Waals surface area contributed by atoms with Gasteiger partial charge in [0.2, 0.25) is 0 Å². The van der Waals surface area contributed by atoms with E-state index in [1.807, 2.05) is 19.1 Å². The van der Waals surface area contributed by atoms with Crippen molar-refractivity contribution in [3.63, 3.8) is 0 Å². The van der Waals surface area contributed by atoms with Gasteiger partial charge >= 0.3 is 0 Å². The van der Waals surface area contributed by atoms with Crippen LogP contribution in [-0.2, 0) is 0 Å². The fourth-order valence-corrected chi connectivity index (χ4v) is 1.37. The first-order chi connectivity index (χ1) is 7.22. The van der Waals surface area contributed by atoms with Gasteiger partial charge in [-0.1, -0.05) is 6.08 Å². The molecule has 0 bridgehead atoms. The number of nitrogens with two attached hydrogens (primary N) is 1. The van der Waals surface area contributed by atoms with Crippen molar-refractivity contribution in [2.24, 2.45) is 5.73 Å². The number of carbonyl (C=O) groups excluding carboxylic acids is 1. The van der Waals surface area contributed by atoms with Crippen LogP contribution in [0.3, 0.4) is 0 Å². The lowest BCUT2D eigenvalue weighted by Gasteiger charge is -1.93. The van der Waals surface area contributed by atoms with E-state index in [-0.39, 0.29) is 0 Å². The molecule has 0 atom stereocenters. The second-order valence-electron chi connectivity index (χ2n) is 3.07. The Balaban J connectivity index is 2.69. The van der Waals surface area contributed by atoms with Crippen LogP contribution in [0.25, 0.3) is 17.1 Å². The summed E-state index contributed by atoms with van der Waals surface area (Å²) in [5, 5.41) is 0. The van der Waals surface area contributed by atoms with E-state index in [2.05, 4.69) is 15.0 Å². The van der Waals surface area contributed by atoms with Crippen molar-refractivity contribution in [2.75, 3.05) is 0 Å². The lowest BCUT2D eigenvalue weighted by atomic mass is 10.2. The fourth-order valence-electron chi connectivity index (χ4n) is 1.37. The standard InChI is InChI=1S/C10H10N4O/c1-2-3-8-13-7-5-12-4-6(10(11)15)9(7)14-8/h2-5H,1H3,(H2,11,15)(H,13,14). The maximum absolute atomic E-state index is 11.1. The van der Waals surface area contributed by atoms with Crippen LogP contribution in [0.1, 0.15) is 23.1 Å². The molecule has 1 amide bonds. The van der Waals surface area contributed by atoms with Crippen molar-refractivity contribution in [3.8, 4) is 0 Å². The van der Waals surface area contributed by atoms with Gasteiger partial charge in [-0.3, -0.25) is 9.78 Å². The summed E-state index contributed by atoms with van der Waals surface area (Å²) in [4.78, 5) is 22.3. The third kappa shape index (κ3) is 1.59. The molecule has 0 aliphatic rings. The Labute approximate surface area is 86.0 Å². The second kappa shape index (κ2) is 3.53. The summed E-state index contributed by atoms with van der Waals surface area (Å²) in [6.45, 7) is 1.89. The predicted molar refractivity (Wildman–Crippen MR) is 57.1 cm³/mol. The lowest BCUT2D eigenvalue weighted by molar-refractivity contribution is 0.100. The Morgan fingerprint density at radius 3 is 3.00 bits per heavy atom. The van der Waals surface area contributed by atoms with Crippen molar-refractivity contribution >= 4 is 23.0 Å². The zero-order chi connectivity index (χ0) is 10.8. The third-order valence-corrected chi connectivity index (χ3v) is 2.00. The molecule has 76 valence electrons. The molecule has 0 aromatic carbocycles. The molecule has 0 unspecified atom stereocenters. The molecule has 15 heavy (non-hydrogen) atoms. The molecule has 2 aromatic heterocycles. The van der Waals surface area contributed by atoms with E-state index in [0.29, 0.717) is 22.4 Å². The Bertz CT molecular complexity index is 541. The number of carbonyl (C=O) groups is 1. The highest BCUT2D eigenvalue weighted by Crippen LogP contribution is 2.14. The first kappa shape index (κ1) is 9.39. The maximum Gasteiger partial charge on any atom is 0.252 e. The quantitative estimate of drug-likeness (QED) is 0.764. The Kier molecular flexibility index (Phi) is 2.21. The largest absolute Gasteiger partial charge is 0.365 e. The number of rotatable bonds is 2. The van der Waals surface area contributed by atoms with E-state index in [9.17, 15) is 4.79 Å². The van der Waals surface area contributed by atoms with Crippen LogP contribution in [0.4, 0.5) is 0 Å². The SMILES string of the molecule is CC=Cc1nc2c(C(N)=O)cncc2[nH]1. The van der Waals surface area contributed by atoms with E-state index in [4.69, 9.17) is 5.73 Å². The number of hydrogen-bond donors (Lipinski definition) is 2. The zero-order valence-electron chi connectivity index (χ0n) is 8.19. The second-order valence-corrected chi connectivity index (χ2v) is 3.07. The average Bonchev–Trinajstić information content (AvgIpc) is 2.59. The van der Waals surface area contributed by atoms with Gasteiger partial charge in [0.1, 0.15) is 11.3 Å². The van der Waals surface area contributed by atoms with Gasteiger partial charge in [-0.05, 0) is 13.0 Å². The highest BCUT2D eigenvalue weighted by molar-refractivity contribution is 6.03. The predicted octanol–water partition coefficient (Wildman–Crippen LogP) is 1.09. The van der Waals surface area contributed by atoms with Gasteiger partial charge in [-0.15, -0.1) is 0 Å². The van der Waals surface area contributed by atoms with E-state index < -0.39 is 5.91 Å². The number of allylic oxidation sites excluding steroid dienone is 1. The number of aromatic nitrogens is 3. The van der Waals surface area contributed by atoms with E-state index >= 15 is 0 Å². The molecule has 0 saturated heterocycles. The first-order valence-corrected chi connectivity index (χ1v) is 4.48. The van der Waals surface area contributed by atoms with Gasteiger partial charge in [0.05, 0.1) is 17.3 Å². The summed E-state index contributed by atoms with van der Waals surface area (Å²) in [6.07, 6.45) is 6.70. The number of hydrogen-bond acceptors (Lipinski definition) is 3. The summed E-state index contributed by atoms with van der Waals surface area (Å²) >= 11 is 0.